The molecule has 154 valence electrons. The number of carbonyl (C=O) groups excluding carboxylic acids is 2. The first-order valence-corrected chi connectivity index (χ1v) is 9.02. The van der Waals surface area contributed by atoms with Crippen LogP contribution >= 0.6 is 0 Å². The number of hydrogen-bond donors (Lipinski definition) is 1. The predicted molar refractivity (Wildman–Crippen MR) is 101 cm³/mol. The number of nitrogens with zero attached hydrogens (tertiary/aromatic N) is 2. The van der Waals surface area contributed by atoms with E-state index in [0.717, 1.165) is 6.42 Å². The lowest BCUT2D eigenvalue weighted by molar-refractivity contribution is -0.0498. The number of nitrogens with two attached hydrogens (primary N) is 1. The van der Waals surface area contributed by atoms with Crippen molar-refractivity contribution in [3.05, 3.63) is 63.6 Å². The van der Waals surface area contributed by atoms with Crippen molar-refractivity contribution < 1.29 is 23.1 Å². The van der Waals surface area contributed by atoms with Gasteiger partial charge in [0, 0.05) is 19.3 Å². The highest BCUT2D eigenvalue weighted by Crippen LogP contribution is 2.34. The molecule has 1 aliphatic rings. The molecule has 0 aliphatic heterocycles. The SMILES string of the molecule is C[C@H]1C[C@@H]1N(C)C(=O)c1cc(C(N)=O)cn(Cc2cccc(OC(F)F)c2)c1=O. The van der Waals surface area contributed by atoms with Gasteiger partial charge >= 0.3 is 6.61 Å². The number of carbonyl (C=O) groups is 2. The summed E-state index contributed by atoms with van der Waals surface area (Å²) in [7, 11) is 1.61. The highest BCUT2D eigenvalue weighted by atomic mass is 19.3. The van der Waals surface area contributed by atoms with Crippen molar-refractivity contribution in [2.75, 3.05) is 7.05 Å². The molecule has 0 bridgehead atoms. The van der Waals surface area contributed by atoms with Crippen molar-refractivity contribution in [3.63, 3.8) is 0 Å². The lowest BCUT2D eigenvalue weighted by Gasteiger charge is -2.18. The van der Waals surface area contributed by atoms with Crippen molar-refractivity contribution in [3.8, 4) is 5.75 Å². The molecule has 0 saturated heterocycles. The van der Waals surface area contributed by atoms with Crippen molar-refractivity contribution in [2.24, 2.45) is 11.7 Å². The molecule has 2 atom stereocenters. The van der Waals surface area contributed by atoms with Gasteiger partial charge in [0.15, 0.2) is 0 Å². The van der Waals surface area contributed by atoms with Crippen molar-refractivity contribution in [1.29, 1.82) is 0 Å². The molecule has 2 N–H and O–H groups in total. The molecule has 0 radical (unpaired) electrons. The van der Waals surface area contributed by atoms with Crippen molar-refractivity contribution >= 4 is 11.8 Å². The average Bonchev–Trinajstić information content (AvgIpc) is 3.38. The van der Waals surface area contributed by atoms with Crippen LogP contribution in [0.2, 0.25) is 0 Å². The predicted octanol–water partition coefficient (Wildman–Crippen LogP) is 2.08. The Bertz CT molecular complexity index is 1010. The largest absolute Gasteiger partial charge is 0.435 e. The summed E-state index contributed by atoms with van der Waals surface area (Å²) in [5.41, 5.74) is 5.09. The smallest absolute Gasteiger partial charge is 0.387 e. The van der Waals surface area contributed by atoms with Gasteiger partial charge in [-0.3, -0.25) is 14.4 Å². The van der Waals surface area contributed by atoms with Crippen LogP contribution < -0.4 is 16.0 Å². The number of amides is 2. The fourth-order valence-electron chi connectivity index (χ4n) is 3.24. The standard InChI is InChI=1S/C20H21F2N3O4/c1-11-6-16(11)24(2)18(27)15-8-13(17(23)26)10-25(19(15)28)9-12-4-3-5-14(7-12)29-20(21)22/h3-5,7-8,10-11,16,20H,6,9H2,1-2H3,(H2,23,26)/t11-,16-/m0/s1. The molecule has 29 heavy (non-hydrogen) atoms. The van der Waals surface area contributed by atoms with Gasteiger partial charge in [0.05, 0.1) is 12.1 Å². The Hall–Kier alpha value is -3.23. The van der Waals surface area contributed by atoms with Crippen LogP contribution in [0.4, 0.5) is 8.78 Å². The molecular formula is C20H21F2N3O4. The van der Waals surface area contributed by atoms with Crippen LogP contribution in [0.1, 0.15) is 39.6 Å². The van der Waals surface area contributed by atoms with Gasteiger partial charge in [-0.15, -0.1) is 0 Å². The maximum atomic E-state index is 12.9. The lowest BCUT2D eigenvalue weighted by atomic mass is 10.1. The minimum absolute atomic E-state index is 0.00480. The van der Waals surface area contributed by atoms with Crippen LogP contribution in [0.5, 0.6) is 5.75 Å². The molecule has 3 rings (SSSR count). The van der Waals surface area contributed by atoms with Crippen LogP contribution in [-0.2, 0) is 6.54 Å². The van der Waals surface area contributed by atoms with Crippen LogP contribution in [-0.4, -0.2) is 41.0 Å². The number of halogens is 2. The Morgan fingerprint density at radius 1 is 1.34 bits per heavy atom. The van der Waals surface area contributed by atoms with Crippen LogP contribution in [0.15, 0.2) is 41.3 Å². The number of primary amides is 1. The van der Waals surface area contributed by atoms with Gasteiger partial charge in [0.1, 0.15) is 11.3 Å². The van der Waals surface area contributed by atoms with E-state index in [1.54, 1.807) is 13.1 Å². The van der Waals surface area contributed by atoms with Crippen LogP contribution in [0, 0.1) is 5.92 Å². The third-order valence-electron chi connectivity index (χ3n) is 4.96. The molecule has 7 nitrogen and oxygen atoms in total. The van der Waals surface area contributed by atoms with Gasteiger partial charge in [0.2, 0.25) is 5.91 Å². The van der Waals surface area contributed by atoms with E-state index in [0.29, 0.717) is 11.5 Å². The normalized spacial score (nSPS) is 17.8. The Balaban J connectivity index is 1.96. The molecular weight excluding hydrogens is 384 g/mol. The monoisotopic (exact) mass is 405 g/mol. The zero-order valence-electron chi connectivity index (χ0n) is 16.0. The molecule has 0 spiro atoms. The zero-order valence-corrected chi connectivity index (χ0v) is 16.0. The van der Waals surface area contributed by atoms with E-state index in [9.17, 15) is 23.2 Å². The van der Waals surface area contributed by atoms with E-state index in [-0.39, 0.29) is 29.5 Å². The third kappa shape index (κ3) is 4.61. The van der Waals surface area contributed by atoms with Gasteiger partial charge < -0.3 is 19.9 Å². The first kappa shape index (κ1) is 20.5. The Morgan fingerprint density at radius 2 is 2.03 bits per heavy atom. The van der Waals surface area contributed by atoms with Gasteiger partial charge in [-0.05, 0) is 36.1 Å². The van der Waals surface area contributed by atoms with E-state index in [2.05, 4.69) is 4.74 Å². The summed E-state index contributed by atoms with van der Waals surface area (Å²) in [4.78, 5) is 38.9. The van der Waals surface area contributed by atoms with Crippen LogP contribution in [0.25, 0.3) is 0 Å². The Labute approximate surface area is 165 Å². The summed E-state index contributed by atoms with van der Waals surface area (Å²) in [6.07, 6.45) is 2.10. The topological polar surface area (TPSA) is 94.6 Å². The molecule has 1 aromatic carbocycles. The maximum absolute atomic E-state index is 12.9. The quantitative estimate of drug-likeness (QED) is 0.763. The maximum Gasteiger partial charge on any atom is 0.387 e. The molecule has 1 aromatic heterocycles. The molecule has 2 aromatic rings. The summed E-state index contributed by atoms with van der Waals surface area (Å²) in [6, 6.07) is 7.08. The first-order valence-electron chi connectivity index (χ1n) is 9.02. The Kier molecular flexibility index (Phi) is 5.67. The second kappa shape index (κ2) is 8.02. The summed E-state index contributed by atoms with van der Waals surface area (Å²) < 4.78 is 30.4. The molecule has 1 saturated carbocycles. The second-order valence-corrected chi connectivity index (χ2v) is 7.16. The number of pyridine rings is 1. The highest BCUT2D eigenvalue weighted by molar-refractivity contribution is 5.98. The van der Waals surface area contributed by atoms with Gasteiger partial charge in [0.25, 0.3) is 11.5 Å². The number of benzene rings is 1. The van der Waals surface area contributed by atoms with E-state index >= 15 is 0 Å². The van der Waals surface area contributed by atoms with Crippen LogP contribution in [0.3, 0.4) is 0 Å². The summed E-state index contributed by atoms with van der Waals surface area (Å²) in [5, 5.41) is 0. The van der Waals surface area contributed by atoms with Crippen molar-refractivity contribution in [2.45, 2.75) is 32.5 Å². The summed E-state index contributed by atoms with van der Waals surface area (Å²) >= 11 is 0. The number of aromatic nitrogens is 1. The minimum Gasteiger partial charge on any atom is -0.435 e. The zero-order chi connectivity index (χ0) is 21.3. The number of ether oxygens (including phenoxy) is 1. The summed E-state index contributed by atoms with van der Waals surface area (Å²) in [5.74, 6) is -0.987. The third-order valence-corrected chi connectivity index (χ3v) is 4.96. The highest BCUT2D eigenvalue weighted by Gasteiger charge is 2.39. The fraction of sp³-hybridized carbons (Fsp3) is 0.350. The molecule has 0 unspecified atom stereocenters. The van der Waals surface area contributed by atoms with E-state index in [4.69, 9.17) is 5.73 Å². The minimum atomic E-state index is -2.98. The van der Waals surface area contributed by atoms with Gasteiger partial charge in [-0.2, -0.15) is 8.78 Å². The number of rotatable bonds is 7. The average molecular weight is 405 g/mol. The first-order chi connectivity index (χ1) is 13.7. The molecule has 9 heteroatoms. The Morgan fingerprint density at radius 3 is 2.62 bits per heavy atom. The number of alkyl halides is 2. The second-order valence-electron chi connectivity index (χ2n) is 7.16. The number of hydrogen-bond acceptors (Lipinski definition) is 4. The van der Waals surface area contributed by atoms with Gasteiger partial charge in [-0.1, -0.05) is 19.1 Å². The molecule has 2 amide bonds. The van der Waals surface area contributed by atoms with Gasteiger partial charge in [-0.25, -0.2) is 0 Å². The van der Waals surface area contributed by atoms with Crippen molar-refractivity contribution in [1.82, 2.24) is 9.47 Å². The molecule has 1 heterocycles. The molecule has 1 aliphatic carbocycles. The van der Waals surface area contributed by atoms with E-state index < -0.39 is 24.0 Å². The fourth-order valence-corrected chi connectivity index (χ4v) is 3.24. The lowest BCUT2D eigenvalue weighted by Crippen LogP contribution is -2.37. The van der Waals surface area contributed by atoms with E-state index in [1.807, 2.05) is 6.92 Å². The molecule has 1 fully saturated rings. The van der Waals surface area contributed by atoms with E-state index in [1.165, 1.54) is 39.9 Å². The summed E-state index contributed by atoms with van der Waals surface area (Å²) in [6.45, 7) is -1.03.